The highest BCUT2D eigenvalue weighted by Crippen LogP contribution is 2.21. The maximum Gasteiger partial charge on any atom is 0.142 e. The summed E-state index contributed by atoms with van der Waals surface area (Å²) in [4.78, 5) is 4.46. The molecule has 1 atom stereocenters. The first kappa shape index (κ1) is 14.8. The summed E-state index contributed by atoms with van der Waals surface area (Å²) < 4.78 is 13.4. The van der Waals surface area contributed by atoms with Gasteiger partial charge >= 0.3 is 0 Å². The van der Waals surface area contributed by atoms with Crippen molar-refractivity contribution >= 4 is 28.3 Å². The summed E-state index contributed by atoms with van der Waals surface area (Å²) in [6.07, 6.45) is -0.847. The second-order valence-corrected chi connectivity index (χ2v) is 5.37. The van der Waals surface area contributed by atoms with E-state index in [4.69, 9.17) is 11.6 Å². The van der Waals surface area contributed by atoms with Gasteiger partial charge in [-0.25, -0.2) is 9.37 Å². The molecule has 0 fully saturated rings. The number of hydrogen-bond acceptors (Lipinski definition) is 3. The highest BCUT2D eigenvalue weighted by Gasteiger charge is 2.10. The molecule has 0 radical (unpaired) electrons. The fourth-order valence-electron chi connectivity index (χ4n) is 2.20. The standard InChI is InChI=1S/C17H14ClFN2O/c18-13-7-5-12(9-14(13)19)16(22)10-20-17-8-6-11-3-1-2-4-15(11)21-17/h1-9,16,22H,10H2,(H,20,21). The minimum absolute atomic E-state index is 0.0418. The molecule has 3 nitrogen and oxygen atoms in total. The third-order valence-electron chi connectivity index (χ3n) is 3.40. The van der Waals surface area contributed by atoms with E-state index >= 15 is 0 Å². The van der Waals surface area contributed by atoms with E-state index in [1.54, 1.807) is 6.07 Å². The molecule has 2 aromatic carbocycles. The fourth-order valence-corrected chi connectivity index (χ4v) is 2.32. The monoisotopic (exact) mass is 316 g/mol. The number of hydrogen-bond donors (Lipinski definition) is 2. The van der Waals surface area contributed by atoms with Crippen LogP contribution in [0.3, 0.4) is 0 Å². The van der Waals surface area contributed by atoms with Crippen molar-refractivity contribution in [2.45, 2.75) is 6.10 Å². The minimum Gasteiger partial charge on any atom is -0.387 e. The number of nitrogens with one attached hydrogen (secondary N) is 1. The average Bonchev–Trinajstić information content (AvgIpc) is 2.55. The molecule has 112 valence electrons. The van der Waals surface area contributed by atoms with Crippen molar-refractivity contribution in [2.24, 2.45) is 0 Å². The van der Waals surface area contributed by atoms with Gasteiger partial charge in [-0.05, 0) is 35.9 Å². The van der Waals surface area contributed by atoms with Gasteiger partial charge in [0.1, 0.15) is 11.6 Å². The number of aliphatic hydroxyl groups excluding tert-OH is 1. The molecule has 1 unspecified atom stereocenters. The van der Waals surface area contributed by atoms with Crippen LogP contribution in [0.2, 0.25) is 5.02 Å². The first-order valence-corrected chi connectivity index (χ1v) is 7.24. The zero-order valence-corrected chi connectivity index (χ0v) is 12.4. The number of para-hydroxylation sites is 1. The van der Waals surface area contributed by atoms with E-state index in [0.717, 1.165) is 10.9 Å². The van der Waals surface area contributed by atoms with Gasteiger partial charge in [0.05, 0.1) is 16.6 Å². The Kier molecular flexibility index (Phi) is 4.22. The SMILES string of the molecule is OC(CNc1ccc2ccccc2n1)c1ccc(Cl)c(F)c1. The molecule has 5 heteroatoms. The zero-order chi connectivity index (χ0) is 15.5. The van der Waals surface area contributed by atoms with E-state index in [0.29, 0.717) is 11.4 Å². The molecule has 3 rings (SSSR count). The number of nitrogens with zero attached hydrogens (tertiary/aromatic N) is 1. The van der Waals surface area contributed by atoms with E-state index in [2.05, 4.69) is 10.3 Å². The van der Waals surface area contributed by atoms with Crippen molar-refractivity contribution in [1.29, 1.82) is 0 Å². The first-order chi connectivity index (χ1) is 10.6. The topological polar surface area (TPSA) is 45.1 Å². The van der Waals surface area contributed by atoms with Crippen molar-refractivity contribution < 1.29 is 9.50 Å². The molecule has 0 aliphatic rings. The van der Waals surface area contributed by atoms with Gasteiger partial charge in [-0.15, -0.1) is 0 Å². The largest absolute Gasteiger partial charge is 0.387 e. The Morgan fingerprint density at radius 3 is 2.77 bits per heavy atom. The minimum atomic E-state index is -0.847. The Labute approximate surface area is 132 Å². The molecule has 0 saturated carbocycles. The summed E-state index contributed by atoms with van der Waals surface area (Å²) in [5, 5.41) is 14.3. The van der Waals surface area contributed by atoms with E-state index in [1.807, 2.05) is 36.4 Å². The predicted molar refractivity (Wildman–Crippen MR) is 86.6 cm³/mol. The van der Waals surface area contributed by atoms with Crippen LogP contribution in [0.4, 0.5) is 10.2 Å². The Morgan fingerprint density at radius 1 is 1.14 bits per heavy atom. The van der Waals surface area contributed by atoms with Crippen molar-refractivity contribution in [3.05, 3.63) is 71.0 Å². The van der Waals surface area contributed by atoms with Gasteiger partial charge in [0, 0.05) is 11.9 Å². The number of fused-ring (bicyclic) bond motifs is 1. The summed E-state index contributed by atoms with van der Waals surface area (Å²) in [6.45, 7) is 0.229. The van der Waals surface area contributed by atoms with Crippen molar-refractivity contribution in [3.8, 4) is 0 Å². The Bertz CT molecular complexity index is 810. The highest BCUT2D eigenvalue weighted by molar-refractivity contribution is 6.30. The van der Waals surface area contributed by atoms with Crippen LogP contribution >= 0.6 is 11.6 Å². The van der Waals surface area contributed by atoms with Crippen molar-refractivity contribution in [1.82, 2.24) is 4.98 Å². The third-order valence-corrected chi connectivity index (χ3v) is 3.71. The molecule has 1 aromatic heterocycles. The molecule has 0 aliphatic carbocycles. The average molecular weight is 317 g/mol. The number of rotatable bonds is 4. The van der Waals surface area contributed by atoms with Gasteiger partial charge in [0.15, 0.2) is 0 Å². The summed E-state index contributed by atoms with van der Waals surface area (Å²) in [7, 11) is 0. The molecule has 22 heavy (non-hydrogen) atoms. The quantitative estimate of drug-likeness (QED) is 0.759. The van der Waals surface area contributed by atoms with Crippen LogP contribution in [0, 0.1) is 5.82 Å². The van der Waals surface area contributed by atoms with Crippen molar-refractivity contribution in [2.75, 3.05) is 11.9 Å². The Morgan fingerprint density at radius 2 is 1.95 bits per heavy atom. The fraction of sp³-hybridized carbons (Fsp3) is 0.118. The number of pyridine rings is 1. The second-order valence-electron chi connectivity index (χ2n) is 4.96. The third kappa shape index (κ3) is 3.18. The summed E-state index contributed by atoms with van der Waals surface area (Å²) in [6, 6.07) is 15.9. The number of halogens is 2. The Balaban J connectivity index is 1.71. The molecular formula is C17H14ClFN2O. The van der Waals surface area contributed by atoms with Gasteiger partial charge in [-0.3, -0.25) is 0 Å². The number of aliphatic hydroxyl groups is 1. The molecule has 0 saturated heterocycles. The number of benzene rings is 2. The maximum absolute atomic E-state index is 13.4. The van der Waals surface area contributed by atoms with Crippen LogP contribution in [-0.2, 0) is 0 Å². The second kappa shape index (κ2) is 6.30. The molecule has 0 amide bonds. The summed E-state index contributed by atoms with van der Waals surface area (Å²) >= 11 is 5.63. The van der Waals surface area contributed by atoms with Crippen LogP contribution in [0.25, 0.3) is 10.9 Å². The van der Waals surface area contributed by atoms with Crippen LogP contribution < -0.4 is 5.32 Å². The summed E-state index contributed by atoms with van der Waals surface area (Å²) in [5.41, 5.74) is 1.34. The maximum atomic E-state index is 13.4. The molecule has 0 bridgehead atoms. The van der Waals surface area contributed by atoms with Gasteiger partial charge in [0.2, 0.25) is 0 Å². The molecule has 2 N–H and O–H groups in total. The van der Waals surface area contributed by atoms with Crippen molar-refractivity contribution in [3.63, 3.8) is 0 Å². The first-order valence-electron chi connectivity index (χ1n) is 6.86. The van der Waals surface area contributed by atoms with E-state index in [-0.39, 0.29) is 11.6 Å². The van der Waals surface area contributed by atoms with E-state index in [1.165, 1.54) is 12.1 Å². The van der Waals surface area contributed by atoms with Gasteiger partial charge in [0.25, 0.3) is 0 Å². The molecule has 3 aromatic rings. The predicted octanol–water partition coefficient (Wildman–Crippen LogP) is 4.17. The van der Waals surface area contributed by atoms with Gasteiger partial charge < -0.3 is 10.4 Å². The lowest BCUT2D eigenvalue weighted by Crippen LogP contribution is -2.13. The van der Waals surface area contributed by atoms with Gasteiger partial charge in [-0.1, -0.05) is 35.9 Å². The normalized spacial score (nSPS) is 12.3. The number of anilines is 1. The molecule has 0 aliphatic heterocycles. The van der Waals surface area contributed by atoms with Crippen LogP contribution in [0.5, 0.6) is 0 Å². The molecular weight excluding hydrogens is 303 g/mol. The van der Waals surface area contributed by atoms with Crippen LogP contribution in [0.15, 0.2) is 54.6 Å². The van der Waals surface area contributed by atoms with E-state index < -0.39 is 11.9 Å². The lowest BCUT2D eigenvalue weighted by Gasteiger charge is -2.13. The summed E-state index contributed by atoms with van der Waals surface area (Å²) in [5.74, 6) is 0.120. The van der Waals surface area contributed by atoms with Crippen LogP contribution in [0.1, 0.15) is 11.7 Å². The molecule has 1 heterocycles. The number of aromatic nitrogens is 1. The van der Waals surface area contributed by atoms with E-state index in [9.17, 15) is 9.50 Å². The van der Waals surface area contributed by atoms with Gasteiger partial charge in [-0.2, -0.15) is 0 Å². The van der Waals surface area contributed by atoms with Crippen LogP contribution in [-0.4, -0.2) is 16.6 Å². The molecule has 0 spiro atoms. The highest BCUT2D eigenvalue weighted by atomic mass is 35.5. The lowest BCUT2D eigenvalue weighted by atomic mass is 10.1. The smallest absolute Gasteiger partial charge is 0.142 e. The Hall–Kier alpha value is -2.17. The zero-order valence-electron chi connectivity index (χ0n) is 11.6. The lowest BCUT2D eigenvalue weighted by molar-refractivity contribution is 0.191.